The first-order valence-electron chi connectivity index (χ1n) is 16.1. The smallest absolute Gasteiger partial charge is 0.387 e. The topological polar surface area (TPSA) is 36.4 Å². The summed E-state index contributed by atoms with van der Waals surface area (Å²) < 4.78 is 40.1. The van der Waals surface area contributed by atoms with Crippen LogP contribution >= 0.6 is 0 Å². The zero-order valence-corrected chi connectivity index (χ0v) is 25.8. The maximum Gasteiger partial charge on any atom is 0.416 e. The third kappa shape index (κ3) is 5.73. The fraction of sp³-hybridized carbons (Fsp3) is 0.195. The highest BCUT2D eigenvalue weighted by atomic mass is 19.4. The zero-order chi connectivity index (χ0) is 32.4. The third-order valence-electron chi connectivity index (χ3n) is 9.49. The maximum absolute atomic E-state index is 13.4. The number of para-hydroxylation sites is 1. The Kier molecular flexibility index (Phi) is 8.39. The molecule has 0 saturated carbocycles. The van der Waals surface area contributed by atoms with Crippen molar-refractivity contribution in [2.75, 3.05) is 6.54 Å². The molecule has 6 aromatic rings. The largest absolute Gasteiger partial charge is 0.416 e. The number of piperidine rings is 1. The Morgan fingerprint density at radius 3 is 1.72 bits per heavy atom. The average Bonchev–Trinajstić information content (AvgIpc) is 3.12. The van der Waals surface area contributed by atoms with E-state index < -0.39 is 23.4 Å². The molecule has 47 heavy (non-hydrogen) atoms. The summed E-state index contributed by atoms with van der Waals surface area (Å²) in [5, 5.41) is 13.4. The Hall–Kier alpha value is -4.78. The number of aromatic nitrogens is 1. The van der Waals surface area contributed by atoms with Crippen LogP contribution in [-0.2, 0) is 11.7 Å². The minimum Gasteiger partial charge on any atom is -0.387 e. The van der Waals surface area contributed by atoms with Crippen LogP contribution in [0.25, 0.3) is 22.2 Å². The predicted molar refractivity (Wildman–Crippen MR) is 181 cm³/mol. The van der Waals surface area contributed by atoms with Crippen LogP contribution < -0.4 is 0 Å². The van der Waals surface area contributed by atoms with E-state index in [1.54, 1.807) is 0 Å². The quantitative estimate of drug-likeness (QED) is 0.179. The summed E-state index contributed by atoms with van der Waals surface area (Å²) in [4.78, 5) is 7.31. The van der Waals surface area contributed by atoms with Crippen molar-refractivity contribution < 1.29 is 18.3 Å². The summed E-state index contributed by atoms with van der Waals surface area (Å²) in [6, 6.07) is 45.8. The summed E-state index contributed by atoms with van der Waals surface area (Å²) in [6.07, 6.45) is -2.63. The lowest BCUT2D eigenvalue weighted by Gasteiger charge is -2.52. The number of likely N-dealkylation sites (tertiary alicyclic amines) is 1. The highest BCUT2D eigenvalue weighted by Crippen LogP contribution is 2.48. The molecule has 7 rings (SSSR count). The number of aliphatic hydroxyl groups excluding tert-OH is 1. The van der Waals surface area contributed by atoms with Crippen molar-refractivity contribution in [1.29, 1.82) is 0 Å². The molecule has 0 aliphatic carbocycles. The van der Waals surface area contributed by atoms with E-state index in [0.29, 0.717) is 22.3 Å². The van der Waals surface area contributed by atoms with E-state index in [2.05, 4.69) is 77.7 Å². The number of benzene rings is 5. The molecule has 1 saturated heterocycles. The summed E-state index contributed by atoms with van der Waals surface area (Å²) in [6.45, 7) is 0.759. The van der Waals surface area contributed by atoms with Gasteiger partial charge in [0.05, 0.1) is 28.4 Å². The van der Waals surface area contributed by atoms with Gasteiger partial charge in [0.2, 0.25) is 0 Å². The second kappa shape index (κ2) is 12.8. The van der Waals surface area contributed by atoms with Gasteiger partial charge in [-0.15, -0.1) is 0 Å². The van der Waals surface area contributed by atoms with Crippen molar-refractivity contribution in [3.05, 3.63) is 173 Å². The fourth-order valence-electron chi connectivity index (χ4n) is 7.37. The highest BCUT2D eigenvalue weighted by Gasteiger charge is 2.47. The molecular weight excluding hydrogens is 593 g/mol. The number of alkyl halides is 3. The van der Waals surface area contributed by atoms with Crippen LogP contribution in [0.2, 0.25) is 0 Å². The summed E-state index contributed by atoms with van der Waals surface area (Å²) >= 11 is 0. The standard InChI is InChI=1S/C41H35F3N2O/c42-41(43,44)33-25-23-29(24-26-33)37-28-35(34-20-10-11-21-36(34)45-37)39(47)38-22-12-13-27-46(38)40(30-14-4-1-5-15-30,31-16-6-2-7-17-31)32-18-8-3-9-19-32/h1-11,14-21,23-26,28,38-39,47H,12-13,22,27H2. The van der Waals surface area contributed by atoms with E-state index >= 15 is 0 Å². The summed E-state index contributed by atoms with van der Waals surface area (Å²) in [5.41, 5.74) is 4.41. The molecule has 236 valence electrons. The number of hydrogen-bond acceptors (Lipinski definition) is 3. The van der Waals surface area contributed by atoms with E-state index in [4.69, 9.17) is 4.98 Å². The Morgan fingerprint density at radius 2 is 1.17 bits per heavy atom. The molecule has 1 aliphatic rings. The molecule has 1 fully saturated rings. The molecule has 2 heterocycles. The van der Waals surface area contributed by atoms with Gasteiger partial charge in [-0.2, -0.15) is 13.2 Å². The van der Waals surface area contributed by atoms with Crippen molar-refractivity contribution in [1.82, 2.24) is 9.88 Å². The maximum atomic E-state index is 13.4. The van der Waals surface area contributed by atoms with Gasteiger partial charge in [-0.3, -0.25) is 4.90 Å². The van der Waals surface area contributed by atoms with Crippen LogP contribution in [0, 0.1) is 0 Å². The first kappa shape index (κ1) is 30.9. The number of rotatable bonds is 7. The van der Waals surface area contributed by atoms with Gasteiger partial charge in [0, 0.05) is 23.5 Å². The number of pyridine rings is 1. The number of hydrogen-bond donors (Lipinski definition) is 1. The van der Waals surface area contributed by atoms with Crippen LogP contribution in [0.15, 0.2) is 146 Å². The molecule has 1 aliphatic heterocycles. The van der Waals surface area contributed by atoms with E-state index in [1.807, 2.05) is 48.5 Å². The molecule has 6 heteroatoms. The van der Waals surface area contributed by atoms with Crippen molar-refractivity contribution in [3.63, 3.8) is 0 Å². The van der Waals surface area contributed by atoms with Crippen LogP contribution in [0.5, 0.6) is 0 Å². The first-order valence-corrected chi connectivity index (χ1v) is 16.1. The molecule has 0 amide bonds. The van der Waals surface area contributed by atoms with Crippen molar-refractivity contribution in [3.8, 4) is 11.3 Å². The Bertz CT molecular complexity index is 1850. The van der Waals surface area contributed by atoms with E-state index in [1.165, 1.54) is 12.1 Å². The minimum atomic E-state index is -4.43. The Labute approximate surface area is 273 Å². The van der Waals surface area contributed by atoms with Crippen LogP contribution in [0.4, 0.5) is 13.2 Å². The zero-order valence-electron chi connectivity index (χ0n) is 25.8. The third-order valence-corrected chi connectivity index (χ3v) is 9.49. The molecule has 0 bridgehead atoms. The van der Waals surface area contributed by atoms with Gasteiger partial charge < -0.3 is 5.11 Å². The lowest BCUT2D eigenvalue weighted by molar-refractivity contribution is -0.137. The van der Waals surface area contributed by atoms with Gasteiger partial charge in [-0.05, 0) is 59.4 Å². The van der Waals surface area contributed by atoms with Crippen LogP contribution in [0.3, 0.4) is 0 Å². The van der Waals surface area contributed by atoms with E-state index in [0.717, 1.165) is 60.0 Å². The van der Waals surface area contributed by atoms with Crippen LogP contribution in [0.1, 0.15) is 53.2 Å². The molecule has 0 radical (unpaired) electrons. The first-order chi connectivity index (χ1) is 22.9. The second-order valence-electron chi connectivity index (χ2n) is 12.2. The van der Waals surface area contributed by atoms with E-state index in [9.17, 15) is 18.3 Å². The highest BCUT2D eigenvalue weighted by molar-refractivity contribution is 5.85. The van der Waals surface area contributed by atoms with Gasteiger partial charge in [0.1, 0.15) is 0 Å². The van der Waals surface area contributed by atoms with Crippen LogP contribution in [-0.4, -0.2) is 27.6 Å². The Balaban J connectivity index is 1.41. The Morgan fingerprint density at radius 1 is 0.638 bits per heavy atom. The monoisotopic (exact) mass is 628 g/mol. The molecule has 1 N–H and O–H groups in total. The molecule has 2 atom stereocenters. The lowest BCUT2D eigenvalue weighted by Crippen LogP contribution is -2.56. The fourth-order valence-corrected chi connectivity index (χ4v) is 7.37. The summed E-state index contributed by atoms with van der Waals surface area (Å²) in [5.74, 6) is 0. The summed E-state index contributed by atoms with van der Waals surface area (Å²) in [7, 11) is 0. The van der Waals surface area contributed by atoms with Gasteiger partial charge in [0.25, 0.3) is 0 Å². The lowest BCUT2D eigenvalue weighted by atomic mass is 9.73. The SMILES string of the molecule is OC(c1cc(-c2ccc(C(F)(F)F)cc2)nc2ccccc12)C1CCCCN1C(c1ccccc1)(c1ccccc1)c1ccccc1. The minimum absolute atomic E-state index is 0.282. The molecule has 2 unspecified atom stereocenters. The van der Waals surface area contributed by atoms with Gasteiger partial charge in [-0.25, -0.2) is 4.98 Å². The van der Waals surface area contributed by atoms with Crippen molar-refractivity contribution >= 4 is 10.9 Å². The van der Waals surface area contributed by atoms with Gasteiger partial charge in [0.15, 0.2) is 0 Å². The van der Waals surface area contributed by atoms with Gasteiger partial charge >= 0.3 is 6.18 Å². The van der Waals surface area contributed by atoms with E-state index in [-0.39, 0.29) is 6.04 Å². The average molecular weight is 629 g/mol. The van der Waals surface area contributed by atoms with Crippen molar-refractivity contribution in [2.24, 2.45) is 0 Å². The molecule has 5 aromatic carbocycles. The van der Waals surface area contributed by atoms with Gasteiger partial charge in [-0.1, -0.05) is 128 Å². The predicted octanol–water partition coefficient (Wildman–Crippen LogP) is 9.80. The number of nitrogens with zero attached hydrogens (tertiary/aromatic N) is 2. The number of halogens is 3. The number of aliphatic hydroxyl groups is 1. The normalized spacial score (nSPS) is 16.6. The molecule has 3 nitrogen and oxygen atoms in total. The second-order valence-corrected chi connectivity index (χ2v) is 12.2. The molecule has 1 aromatic heterocycles. The molecular formula is C41H35F3N2O. The number of fused-ring (bicyclic) bond motifs is 1. The van der Waals surface area contributed by atoms with Crippen molar-refractivity contribution in [2.45, 2.75) is 43.1 Å². The molecule has 0 spiro atoms.